The number of ether oxygens (including phenoxy) is 1. The summed E-state index contributed by atoms with van der Waals surface area (Å²) in [6, 6.07) is 14.2. The molecule has 0 aliphatic carbocycles. The van der Waals surface area contributed by atoms with Gasteiger partial charge in [0.05, 0.1) is 42.1 Å². The standard InChI is InChI=1S/C31H37N7O3.ClH/c1-18(2)27(37-31(40)41-3)30(39)38-15-5-7-26(38)29-34-22-13-12-21(16-24(22)35-29)19-8-10-20(11-9-19)25-17-33-28(36-25)23-6-4-14-32-23;/h8-13,16-18,23,26-27,32H,4-7,14-15H2,1-3H3,(H,33,36)(H,34,35)(H,37,40);1H. The number of benzene rings is 2. The normalized spacial score (nSPS) is 19.2. The van der Waals surface area contributed by atoms with Gasteiger partial charge in [-0.15, -0.1) is 12.4 Å². The molecule has 2 fully saturated rings. The number of nitrogens with one attached hydrogen (secondary N) is 4. The number of hydrogen-bond donors (Lipinski definition) is 4. The Labute approximate surface area is 251 Å². The van der Waals surface area contributed by atoms with E-state index >= 15 is 0 Å². The van der Waals surface area contributed by atoms with Crippen molar-refractivity contribution in [2.24, 2.45) is 5.92 Å². The van der Waals surface area contributed by atoms with Gasteiger partial charge >= 0.3 is 6.09 Å². The fourth-order valence-corrected chi connectivity index (χ4v) is 5.98. The summed E-state index contributed by atoms with van der Waals surface area (Å²) >= 11 is 0. The number of amides is 2. The van der Waals surface area contributed by atoms with Crippen LogP contribution in [0.2, 0.25) is 0 Å². The lowest BCUT2D eigenvalue weighted by atomic mass is 10.0. The van der Waals surface area contributed by atoms with Crippen molar-refractivity contribution in [1.29, 1.82) is 0 Å². The van der Waals surface area contributed by atoms with Crippen LogP contribution < -0.4 is 10.6 Å². The summed E-state index contributed by atoms with van der Waals surface area (Å²) in [7, 11) is 1.30. The van der Waals surface area contributed by atoms with Crippen LogP contribution in [0.3, 0.4) is 0 Å². The molecule has 0 radical (unpaired) electrons. The van der Waals surface area contributed by atoms with Crippen molar-refractivity contribution in [2.45, 2.75) is 57.7 Å². The molecule has 11 heteroatoms. The zero-order chi connectivity index (χ0) is 28.5. The maximum Gasteiger partial charge on any atom is 0.407 e. The van der Waals surface area contributed by atoms with Gasteiger partial charge in [0, 0.05) is 6.54 Å². The van der Waals surface area contributed by atoms with Gasteiger partial charge in [0.1, 0.15) is 17.7 Å². The molecule has 6 rings (SSSR count). The quantitative estimate of drug-likeness (QED) is 0.224. The van der Waals surface area contributed by atoms with Crippen LogP contribution in [0.5, 0.6) is 0 Å². The van der Waals surface area contributed by atoms with Gasteiger partial charge in [-0.2, -0.15) is 0 Å². The minimum atomic E-state index is -0.658. The van der Waals surface area contributed by atoms with Crippen molar-refractivity contribution in [3.8, 4) is 22.4 Å². The SMILES string of the molecule is COC(=O)NC(C(=O)N1CCCC1c1nc2ccc(-c3ccc(-c4cnc(C5CCCN5)[nH]4)cc3)cc2[nH]1)C(C)C.Cl. The lowest BCUT2D eigenvalue weighted by Crippen LogP contribution is -2.51. The Morgan fingerprint density at radius 1 is 1.00 bits per heavy atom. The number of methoxy groups -OCH3 is 1. The molecule has 4 heterocycles. The maximum absolute atomic E-state index is 13.5. The summed E-state index contributed by atoms with van der Waals surface area (Å²) in [4.78, 5) is 43.6. The van der Waals surface area contributed by atoms with Gasteiger partial charge in [-0.3, -0.25) is 4.79 Å². The highest BCUT2D eigenvalue weighted by Crippen LogP contribution is 2.34. The number of halogens is 1. The first kappa shape index (κ1) is 29.6. The van der Waals surface area contributed by atoms with Gasteiger partial charge < -0.3 is 30.2 Å². The first-order chi connectivity index (χ1) is 19.9. The number of alkyl carbamates (subject to hydrolysis) is 1. The van der Waals surface area contributed by atoms with Gasteiger partial charge in [0.2, 0.25) is 5.91 Å². The summed E-state index contributed by atoms with van der Waals surface area (Å²) in [5.74, 6) is 1.58. The minimum Gasteiger partial charge on any atom is -0.453 e. The molecular formula is C31H38ClN7O3. The van der Waals surface area contributed by atoms with E-state index in [4.69, 9.17) is 9.72 Å². The Hall–Kier alpha value is -3.89. The molecule has 0 spiro atoms. The number of likely N-dealkylation sites (tertiary alicyclic amines) is 1. The Bertz CT molecular complexity index is 1540. The molecule has 42 heavy (non-hydrogen) atoms. The third-order valence-electron chi connectivity index (χ3n) is 8.26. The lowest BCUT2D eigenvalue weighted by Gasteiger charge is -2.29. The monoisotopic (exact) mass is 591 g/mol. The molecule has 2 saturated heterocycles. The zero-order valence-electron chi connectivity index (χ0n) is 24.1. The number of nitrogens with zero attached hydrogens (tertiary/aromatic N) is 3. The van der Waals surface area contributed by atoms with E-state index in [0.717, 1.165) is 70.9 Å². The molecule has 0 bridgehead atoms. The average Bonchev–Trinajstić information content (AvgIpc) is 3.80. The summed E-state index contributed by atoms with van der Waals surface area (Å²) in [6.45, 7) is 5.50. The topological polar surface area (TPSA) is 128 Å². The van der Waals surface area contributed by atoms with Crippen LogP contribution in [0.15, 0.2) is 48.7 Å². The van der Waals surface area contributed by atoms with E-state index in [1.165, 1.54) is 13.5 Å². The first-order valence-electron chi connectivity index (χ1n) is 14.4. The van der Waals surface area contributed by atoms with Crippen LogP contribution in [0.25, 0.3) is 33.4 Å². The highest BCUT2D eigenvalue weighted by atomic mass is 35.5. The Morgan fingerprint density at radius 2 is 1.76 bits per heavy atom. The number of imidazole rings is 2. The number of carbonyl (C=O) groups excluding carboxylic acids is 2. The molecule has 4 N–H and O–H groups in total. The van der Waals surface area contributed by atoms with Gasteiger partial charge in [-0.05, 0) is 67.0 Å². The zero-order valence-corrected chi connectivity index (χ0v) is 25.0. The number of aromatic nitrogens is 4. The molecule has 3 unspecified atom stereocenters. The lowest BCUT2D eigenvalue weighted by molar-refractivity contribution is -0.135. The number of hydrogen-bond acceptors (Lipinski definition) is 6. The summed E-state index contributed by atoms with van der Waals surface area (Å²) in [5, 5.41) is 6.19. The molecule has 2 aromatic heterocycles. The number of carbonyl (C=O) groups is 2. The fourth-order valence-electron chi connectivity index (χ4n) is 5.98. The molecule has 222 valence electrons. The third kappa shape index (κ3) is 5.87. The molecule has 10 nitrogen and oxygen atoms in total. The van der Waals surface area contributed by atoms with E-state index in [1.807, 2.05) is 31.0 Å². The highest BCUT2D eigenvalue weighted by Gasteiger charge is 2.37. The van der Waals surface area contributed by atoms with Crippen molar-refractivity contribution in [1.82, 2.24) is 35.5 Å². The number of rotatable bonds is 7. The van der Waals surface area contributed by atoms with Crippen LogP contribution in [-0.2, 0) is 9.53 Å². The number of fused-ring (bicyclic) bond motifs is 1. The van der Waals surface area contributed by atoms with E-state index < -0.39 is 12.1 Å². The summed E-state index contributed by atoms with van der Waals surface area (Å²) in [5.41, 5.74) is 6.10. The second-order valence-corrected chi connectivity index (χ2v) is 11.3. The Kier molecular flexibility index (Phi) is 8.84. The van der Waals surface area contributed by atoms with E-state index in [0.29, 0.717) is 12.6 Å². The van der Waals surface area contributed by atoms with Crippen LogP contribution in [0.1, 0.15) is 63.3 Å². The van der Waals surface area contributed by atoms with Crippen molar-refractivity contribution >= 4 is 35.4 Å². The smallest absolute Gasteiger partial charge is 0.407 e. The Morgan fingerprint density at radius 3 is 2.48 bits per heavy atom. The van der Waals surface area contributed by atoms with E-state index in [2.05, 4.69) is 62.0 Å². The van der Waals surface area contributed by atoms with Crippen molar-refractivity contribution in [2.75, 3.05) is 20.2 Å². The molecule has 2 amide bonds. The predicted molar refractivity (Wildman–Crippen MR) is 164 cm³/mol. The van der Waals surface area contributed by atoms with Crippen molar-refractivity contribution < 1.29 is 14.3 Å². The average molecular weight is 592 g/mol. The van der Waals surface area contributed by atoms with Crippen molar-refractivity contribution in [3.05, 3.63) is 60.3 Å². The minimum absolute atomic E-state index is 0. The van der Waals surface area contributed by atoms with Gasteiger partial charge in [0.15, 0.2) is 0 Å². The van der Waals surface area contributed by atoms with Gasteiger partial charge in [-0.25, -0.2) is 14.8 Å². The van der Waals surface area contributed by atoms with E-state index in [1.54, 1.807) is 0 Å². The fraction of sp³-hybridized carbons (Fsp3) is 0.419. The van der Waals surface area contributed by atoms with E-state index in [-0.39, 0.29) is 30.3 Å². The van der Waals surface area contributed by atoms with Gasteiger partial charge in [-0.1, -0.05) is 44.2 Å². The van der Waals surface area contributed by atoms with Crippen LogP contribution in [0, 0.1) is 5.92 Å². The molecule has 2 aliphatic heterocycles. The molecule has 0 saturated carbocycles. The highest BCUT2D eigenvalue weighted by molar-refractivity contribution is 5.87. The summed E-state index contributed by atoms with van der Waals surface area (Å²) < 4.78 is 4.75. The second kappa shape index (κ2) is 12.5. The second-order valence-electron chi connectivity index (χ2n) is 11.3. The summed E-state index contributed by atoms with van der Waals surface area (Å²) in [6.07, 6.45) is 5.30. The molecular weight excluding hydrogens is 554 g/mol. The predicted octanol–water partition coefficient (Wildman–Crippen LogP) is 5.51. The third-order valence-corrected chi connectivity index (χ3v) is 8.26. The van der Waals surface area contributed by atoms with Crippen LogP contribution in [-0.4, -0.2) is 63.1 Å². The molecule has 3 atom stereocenters. The molecule has 2 aromatic carbocycles. The molecule has 4 aromatic rings. The number of H-pyrrole nitrogens is 2. The van der Waals surface area contributed by atoms with Crippen LogP contribution >= 0.6 is 12.4 Å². The van der Waals surface area contributed by atoms with Gasteiger partial charge in [0.25, 0.3) is 0 Å². The number of aromatic amines is 2. The Balaban J connectivity index is 0.00000353. The van der Waals surface area contributed by atoms with E-state index in [9.17, 15) is 9.59 Å². The maximum atomic E-state index is 13.5. The van der Waals surface area contributed by atoms with Crippen molar-refractivity contribution in [3.63, 3.8) is 0 Å². The van der Waals surface area contributed by atoms with Crippen LogP contribution in [0.4, 0.5) is 4.79 Å². The largest absolute Gasteiger partial charge is 0.453 e. The first-order valence-corrected chi connectivity index (χ1v) is 14.4. The molecule has 2 aliphatic rings.